The van der Waals surface area contributed by atoms with E-state index in [9.17, 15) is 0 Å². The van der Waals surface area contributed by atoms with E-state index >= 15 is 0 Å². The SMILES string of the molecule is c1ccc2c(c1)SNC21ON=C2CCCCCCCCCCC21. The van der Waals surface area contributed by atoms with Gasteiger partial charge in [-0.3, -0.25) is 0 Å². The zero-order chi connectivity index (χ0) is 15.5. The van der Waals surface area contributed by atoms with Crippen LogP contribution < -0.4 is 4.72 Å². The first-order valence-electron chi connectivity index (χ1n) is 9.19. The second-order valence-electron chi connectivity index (χ2n) is 7.03. The van der Waals surface area contributed by atoms with E-state index in [4.69, 9.17) is 4.84 Å². The van der Waals surface area contributed by atoms with E-state index in [1.54, 1.807) is 11.9 Å². The molecule has 1 aromatic carbocycles. The van der Waals surface area contributed by atoms with Gasteiger partial charge in [-0.1, -0.05) is 68.3 Å². The van der Waals surface area contributed by atoms with Crippen molar-refractivity contribution in [2.45, 2.75) is 74.8 Å². The third kappa shape index (κ3) is 2.91. The maximum absolute atomic E-state index is 6.09. The fourth-order valence-electron chi connectivity index (χ4n) is 4.17. The first kappa shape index (κ1) is 15.5. The molecule has 1 aromatic rings. The van der Waals surface area contributed by atoms with Gasteiger partial charge in [0.05, 0.1) is 11.6 Å². The minimum Gasteiger partial charge on any atom is -0.367 e. The van der Waals surface area contributed by atoms with Gasteiger partial charge in [-0.25, -0.2) is 4.72 Å². The monoisotopic (exact) mass is 330 g/mol. The van der Waals surface area contributed by atoms with E-state index in [0.29, 0.717) is 5.92 Å². The summed E-state index contributed by atoms with van der Waals surface area (Å²) in [7, 11) is 0. The predicted octanol–water partition coefficient (Wildman–Crippen LogP) is 5.37. The molecule has 2 heterocycles. The highest BCUT2D eigenvalue weighted by Gasteiger charge is 2.53. The van der Waals surface area contributed by atoms with Crippen molar-refractivity contribution in [2.75, 3.05) is 0 Å². The van der Waals surface area contributed by atoms with Crippen molar-refractivity contribution >= 4 is 17.7 Å². The number of oxime groups is 1. The van der Waals surface area contributed by atoms with Crippen LogP contribution in [-0.2, 0) is 10.6 Å². The molecule has 0 aromatic heterocycles. The molecule has 23 heavy (non-hydrogen) atoms. The summed E-state index contributed by atoms with van der Waals surface area (Å²) in [5.41, 5.74) is 2.15. The van der Waals surface area contributed by atoms with Gasteiger partial charge in [-0.2, -0.15) is 0 Å². The zero-order valence-electron chi connectivity index (χ0n) is 13.7. The quantitative estimate of drug-likeness (QED) is 0.650. The molecule has 1 spiro atoms. The lowest BCUT2D eigenvalue weighted by atomic mass is 9.81. The van der Waals surface area contributed by atoms with Gasteiger partial charge >= 0.3 is 0 Å². The molecule has 1 saturated carbocycles. The Morgan fingerprint density at radius 3 is 2.61 bits per heavy atom. The van der Waals surface area contributed by atoms with Crippen molar-refractivity contribution in [1.29, 1.82) is 0 Å². The number of hydrogen-bond acceptors (Lipinski definition) is 4. The standard InChI is InChI=1S/C19H26N2OS/c1-2-4-6-8-13-17-15(11-7-5-3-1)19(22-20-17)16-12-9-10-14-18(16)23-21-19/h9-10,12,14-15,21H,1-8,11,13H2. The fraction of sp³-hybridized carbons (Fsp3) is 0.632. The van der Waals surface area contributed by atoms with Crippen LogP contribution in [0.1, 0.15) is 69.8 Å². The largest absolute Gasteiger partial charge is 0.367 e. The van der Waals surface area contributed by atoms with Crippen LogP contribution in [0, 0.1) is 5.92 Å². The van der Waals surface area contributed by atoms with Crippen LogP contribution in [0.3, 0.4) is 0 Å². The Morgan fingerprint density at radius 2 is 1.74 bits per heavy atom. The molecule has 0 amide bonds. The minimum atomic E-state index is -0.416. The molecule has 1 fully saturated rings. The molecule has 124 valence electrons. The van der Waals surface area contributed by atoms with Crippen LogP contribution >= 0.6 is 11.9 Å². The summed E-state index contributed by atoms with van der Waals surface area (Å²) < 4.78 is 3.59. The Bertz CT molecular complexity index is 588. The second kappa shape index (κ2) is 6.86. The molecule has 0 radical (unpaired) electrons. The summed E-state index contributed by atoms with van der Waals surface area (Å²) >= 11 is 1.70. The summed E-state index contributed by atoms with van der Waals surface area (Å²) in [5.74, 6) is 0.387. The Kier molecular flexibility index (Phi) is 4.63. The zero-order valence-corrected chi connectivity index (χ0v) is 14.5. The molecule has 2 aliphatic heterocycles. The number of benzene rings is 1. The maximum Gasteiger partial charge on any atom is 0.232 e. The van der Waals surface area contributed by atoms with E-state index < -0.39 is 5.72 Å². The van der Waals surface area contributed by atoms with Gasteiger partial charge in [0.15, 0.2) is 0 Å². The van der Waals surface area contributed by atoms with Crippen LogP contribution in [0.4, 0.5) is 0 Å². The molecule has 3 nitrogen and oxygen atoms in total. The summed E-state index contributed by atoms with van der Waals surface area (Å²) in [6, 6.07) is 8.60. The third-order valence-corrected chi connectivity index (χ3v) is 6.46. The average molecular weight is 330 g/mol. The van der Waals surface area contributed by atoms with Gasteiger partial charge in [0.25, 0.3) is 0 Å². The van der Waals surface area contributed by atoms with Gasteiger partial charge in [-0.15, -0.1) is 0 Å². The van der Waals surface area contributed by atoms with E-state index in [1.165, 1.54) is 74.0 Å². The molecule has 1 N–H and O–H groups in total. The van der Waals surface area contributed by atoms with E-state index in [-0.39, 0.29) is 0 Å². The molecule has 2 atom stereocenters. The highest BCUT2D eigenvalue weighted by Crippen LogP contribution is 2.50. The Hall–Kier alpha value is -1.00. The lowest BCUT2D eigenvalue weighted by Crippen LogP contribution is -2.43. The van der Waals surface area contributed by atoms with E-state index in [1.807, 2.05) is 0 Å². The fourth-order valence-corrected chi connectivity index (χ4v) is 5.20. The van der Waals surface area contributed by atoms with Crippen molar-refractivity contribution in [3.8, 4) is 0 Å². The number of hydrogen-bond donors (Lipinski definition) is 1. The van der Waals surface area contributed by atoms with Crippen LogP contribution in [0.5, 0.6) is 0 Å². The number of nitrogens with zero attached hydrogens (tertiary/aromatic N) is 1. The van der Waals surface area contributed by atoms with Crippen molar-refractivity contribution in [1.82, 2.24) is 4.72 Å². The van der Waals surface area contributed by atoms with Gasteiger partial charge < -0.3 is 4.84 Å². The molecule has 4 heteroatoms. The molecule has 0 saturated heterocycles. The van der Waals surface area contributed by atoms with Crippen molar-refractivity contribution in [3.63, 3.8) is 0 Å². The van der Waals surface area contributed by atoms with Crippen LogP contribution in [0.15, 0.2) is 34.3 Å². The maximum atomic E-state index is 6.09. The van der Waals surface area contributed by atoms with E-state index in [0.717, 1.165) is 6.42 Å². The number of fused-ring (bicyclic) bond motifs is 4. The highest BCUT2D eigenvalue weighted by molar-refractivity contribution is 7.97. The van der Waals surface area contributed by atoms with Crippen LogP contribution in [0.25, 0.3) is 0 Å². The molecule has 3 aliphatic rings. The normalized spacial score (nSPS) is 31.5. The second-order valence-corrected chi connectivity index (χ2v) is 7.88. The third-order valence-electron chi connectivity index (χ3n) is 5.48. The molecule has 2 unspecified atom stereocenters. The lowest BCUT2D eigenvalue weighted by Gasteiger charge is -2.30. The minimum absolute atomic E-state index is 0.387. The first-order valence-corrected chi connectivity index (χ1v) is 10.0. The topological polar surface area (TPSA) is 33.6 Å². The van der Waals surface area contributed by atoms with Crippen LogP contribution in [0.2, 0.25) is 0 Å². The lowest BCUT2D eigenvalue weighted by molar-refractivity contribution is -0.0585. The van der Waals surface area contributed by atoms with Gasteiger partial charge in [0.2, 0.25) is 5.72 Å². The summed E-state index contributed by atoms with van der Waals surface area (Å²) in [6.45, 7) is 0. The van der Waals surface area contributed by atoms with Gasteiger partial charge in [-0.05, 0) is 37.3 Å². The highest BCUT2D eigenvalue weighted by atomic mass is 32.2. The number of rotatable bonds is 0. The average Bonchev–Trinajstić information content (AvgIpc) is 3.11. The Labute approximate surface area is 143 Å². The summed E-state index contributed by atoms with van der Waals surface area (Å²) in [6.07, 6.45) is 13.1. The van der Waals surface area contributed by atoms with Crippen molar-refractivity contribution < 1.29 is 4.84 Å². The summed E-state index contributed by atoms with van der Waals surface area (Å²) in [4.78, 5) is 7.37. The number of nitrogens with one attached hydrogen (secondary N) is 1. The predicted molar refractivity (Wildman–Crippen MR) is 95.3 cm³/mol. The Morgan fingerprint density at radius 1 is 1.00 bits per heavy atom. The molecule has 4 rings (SSSR count). The Balaban J connectivity index is 1.58. The first-order chi connectivity index (χ1) is 11.4. The summed E-state index contributed by atoms with van der Waals surface area (Å²) in [5, 5.41) is 4.56. The van der Waals surface area contributed by atoms with Crippen molar-refractivity contribution in [2.24, 2.45) is 11.1 Å². The molecular formula is C19H26N2OS. The molecule has 0 bridgehead atoms. The van der Waals surface area contributed by atoms with Gasteiger partial charge in [0, 0.05) is 10.5 Å². The van der Waals surface area contributed by atoms with Crippen molar-refractivity contribution in [3.05, 3.63) is 29.8 Å². The van der Waals surface area contributed by atoms with E-state index in [2.05, 4.69) is 34.1 Å². The van der Waals surface area contributed by atoms with Crippen LogP contribution in [-0.4, -0.2) is 5.71 Å². The molecular weight excluding hydrogens is 304 g/mol. The smallest absolute Gasteiger partial charge is 0.232 e. The molecule has 1 aliphatic carbocycles. The van der Waals surface area contributed by atoms with Gasteiger partial charge in [0.1, 0.15) is 0 Å².